The van der Waals surface area contributed by atoms with E-state index in [0.717, 1.165) is 31.4 Å². The van der Waals surface area contributed by atoms with E-state index in [1.807, 2.05) is 0 Å². The van der Waals surface area contributed by atoms with Crippen LogP contribution in [0.4, 0.5) is 0 Å². The Morgan fingerprint density at radius 1 is 1.22 bits per heavy atom. The largest absolute Gasteiger partial charge is 0.426 e. The van der Waals surface area contributed by atoms with E-state index in [2.05, 4.69) is 5.32 Å². The lowest BCUT2D eigenvalue weighted by molar-refractivity contribution is -0.133. The molecule has 2 rings (SSSR count). The summed E-state index contributed by atoms with van der Waals surface area (Å²) in [5, 5.41) is 4.07. The molecule has 1 aromatic rings. The second-order valence-corrected chi connectivity index (χ2v) is 7.46. The fraction of sp³-hybridized carbons (Fsp3) is 0.529. The van der Waals surface area contributed by atoms with E-state index in [9.17, 15) is 9.59 Å². The Labute approximate surface area is 146 Å². The van der Waals surface area contributed by atoms with Crippen LogP contribution in [0.1, 0.15) is 32.6 Å². The predicted octanol–water partition coefficient (Wildman–Crippen LogP) is 3.67. The first kappa shape index (κ1) is 18.3. The van der Waals surface area contributed by atoms with Crippen LogP contribution >= 0.6 is 23.4 Å². The van der Waals surface area contributed by atoms with Crippen LogP contribution in [-0.2, 0) is 9.59 Å². The van der Waals surface area contributed by atoms with Gasteiger partial charge in [-0.05, 0) is 55.9 Å². The fourth-order valence-electron chi connectivity index (χ4n) is 2.67. The van der Waals surface area contributed by atoms with Gasteiger partial charge in [-0.15, -0.1) is 0 Å². The predicted molar refractivity (Wildman–Crippen MR) is 94.0 cm³/mol. The monoisotopic (exact) mass is 355 g/mol. The number of benzene rings is 1. The van der Waals surface area contributed by atoms with Crippen LogP contribution in [0.2, 0.25) is 5.02 Å². The Bertz CT molecular complexity index is 527. The summed E-state index contributed by atoms with van der Waals surface area (Å²) < 4.78 is 5.25. The standard InChI is InChI=1S/C17H22ClNO3S/c1-12(20)23-11-13-2-6-15(7-3-13)19-10-17(21)22-16-8-4-14(18)5-9-16/h4-5,8-9,13,15,19H,2-3,6-7,10-11H2,1H3. The third kappa shape index (κ3) is 6.94. The molecule has 1 N–H and O–H groups in total. The Kier molecular flexibility index (Phi) is 7.40. The highest BCUT2D eigenvalue weighted by atomic mass is 35.5. The molecule has 0 saturated heterocycles. The van der Waals surface area contributed by atoms with E-state index in [-0.39, 0.29) is 17.6 Å². The molecule has 0 radical (unpaired) electrons. The summed E-state index contributed by atoms with van der Waals surface area (Å²) >= 11 is 7.21. The number of nitrogens with one attached hydrogen (secondary N) is 1. The highest BCUT2D eigenvalue weighted by Gasteiger charge is 2.22. The first-order valence-corrected chi connectivity index (χ1v) is 9.22. The van der Waals surface area contributed by atoms with Gasteiger partial charge in [-0.3, -0.25) is 9.59 Å². The molecule has 1 saturated carbocycles. The molecule has 126 valence electrons. The molecule has 0 atom stereocenters. The smallest absolute Gasteiger partial charge is 0.325 e. The number of rotatable bonds is 6. The summed E-state index contributed by atoms with van der Waals surface area (Å²) in [6.45, 7) is 1.82. The number of hydrogen-bond donors (Lipinski definition) is 1. The van der Waals surface area contributed by atoms with Crippen molar-refractivity contribution >= 4 is 34.4 Å². The first-order chi connectivity index (χ1) is 11.0. The molecule has 0 aliphatic heterocycles. The van der Waals surface area contributed by atoms with Gasteiger partial charge in [0.05, 0.1) is 6.54 Å². The molecule has 0 amide bonds. The Morgan fingerprint density at radius 2 is 1.87 bits per heavy atom. The van der Waals surface area contributed by atoms with Crippen molar-refractivity contribution in [3.05, 3.63) is 29.3 Å². The Morgan fingerprint density at radius 3 is 2.48 bits per heavy atom. The molecular formula is C17H22ClNO3S. The summed E-state index contributed by atoms with van der Waals surface area (Å²) in [6.07, 6.45) is 4.28. The van der Waals surface area contributed by atoms with Crippen molar-refractivity contribution in [3.8, 4) is 5.75 Å². The first-order valence-electron chi connectivity index (χ1n) is 7.86. The number of thioether (sulfide) groups is 1. The zero-order valence-electron chi connectivity index (χ0n) is 13.2. The summed E-state index contributed by atoms with van der Waals surface area (Å²) in [5.41, 5.74) is 0. The molecule has 0 unspecified atom stereocenters. The summed E-state index contributed by atoms with van der Waals surface area (Å²) in [6, 6.07) is 7.10. The highest BCUT2D eigenvalue weighted by molar-refractivity contribution is 8.13. The van der Waals surface area contributed by atoms with Gasteiger partial charge in [-0.25, -0.2) is 0 Å². The average Bonchev–Trinajstić information content (AvgIpc) is 2.54. The van der Waals surface area contributed by atoms with Gasteiger partial charge < -0.3 is 10.1 Å². The van der Waals surface area contributed by atoms with Crippen LogP contribution < -0.4 is 10.1 Å². The number of hydrogen-bond acceptors (Lipinski definition) is 5. The Balaban J connectivity index is 1.64. The van der Waals surface area contributed by atoms with Crippen molar-refractivity contribution in [2.24, 2.45) is 5.92 Å². The fourth-order valence-corrected chi connectivity index (χ4v) is 3.60. The minimum atomic E-state index is -0.290. The van der Waals surface area contributed by atoms with Crippen LogP contribution in [0, 0.1) is 5.92 Å². The maximum Gasteiger partial charge on any atom is 0.325 e. The molecule has 0 heterocycles. The van der Waals surface area contributed by atoms with Gasteiger partial charge in [0.25, 0.3) is 0 Å². The van der Waals surface area contributed by atoms with E-state index < -0.39 is 0 Å². The summed E-state index contributed by atoms with van der Waals surface area (Å²) in [4.78, 5) is 22.8. The van der Waals surface area contributed by atoms with Crippen molar-refractivity contribution in [2.45, 2.75) is 38.6 Å². The third-order valence-corrected chi connectivity index (χ3v) is 5.25. The number of ether oxygens (including phenoxy) is 1. The molecule has 23 heavy (non-hydrogen) atoms. The van der Waals surface area contributed by atoms with Crippen LogP contribution in [0.15, 0.2) is 24.3 Å². The molecular weight excluding hydrogens is 334 g/mol. The molecule has 1 fully saturated rings. The van der Waals surface area contributed by atoms with Gasteiger partial charge in [-0.2, -0.15) is 0 Å². The molecule has 1 aliphatic rings. The van der Waals surface area contributed by atoms with E-state index in [4.69, 9.17) is 16.3 Å². The maximum absolute atomic E-state index is 11.8. The van der Waals surface area contributed by atoms with Crippen LogP contribution in [0.5, 0.6) is 5.75 Å². The molecule has 0 bridgehead atoms. The molecule has 1 aromatic carbocycles. The van der Waals surface area contributed by atoms with Crippen molar-refractivity contribution in [3.63, 3.8) is 0 Å². The Hall–Kier alpha value is -1.04. The molecule has 0 aromatic heterocycles. The van der Waals surface area contributed by atoms with Gasteiger partial charge in [0.1, 0.15) is 5.75 Å². The van der Waals surface area contributed by atoms with Crippen molar-refractivity contribution in [2.75, 3.05) is 12.3 Å². The quantitative estimate of drug-likeness (QED) is 0.623. The zero-order valence-corrected chi connectivity index (χ0v) is 14.8. The second-order valence-electron chi connectivity index (χ2n) is 5.83. The molecule has 6 heteroatoms. The molecule has 0 spiro atoms. The summed E-state index contributed by atoms with van der Waals surface area (Å²) in [5.74, 6) is 1.75. The van der Waals surface area contributed by atoms with Gasteiger partial charge >= 0.3 is 5.97 Å². The normalized spacial score (nSPS) is 21.0. The van der Waals surface area contributed by atoms with E-state index in [1.165, 1.54) is 11.8 Å². The molecule has 4 nitrogen and oxygen atoms in total. The van der Waals surface area contributed by atoms with Gasteiger partial charge in [0.15, 0.2) is 5.12 Å². The van der Waals surface area contributed by atoms with E-state index in [1.54, 1.807) is 31.2 Å². The van der Waals surface area contributed by atoms with E-state index in [0.29, 0.717) is 22.7 Å². The maximum atomic E-state index is 11.8. The van der Waals surface area contributed by atoms with Crippen molar-refractivity contribution in [1.82, 2.24) is 5.32 Å². The third-order valence-electron chi connectivity index (χ3n) is 3.95. The van der Waals surface area contributed by atoms with Gasteiger partial charge in [0.2, 0.25) is 0 Å². The minimum Gasteiger partial charge on any atom is -0.426 e. The number of carbonyl (C=O) groups is 2. The van der Waals surface area contributed by atoms with Gasteiger partial charge in [-0.1, -0.05) is 23.4 Å². The lowest BCUT2D eigenvalue weighted by Crippen LogP contribution is -2.38. The van der Waals surface area contributed by atoms with Crippen molar-refractivity contribution in [1.29, 1.82) is 0 Å². The number of esters is 1. The average molecular weight is 356 g/mol. The summed E-state index contributed by atoms with van der Waals surface area (Å²) in [7, 11) is 0. The minimum absolute atomic E-state index is 0.190. The molecule has 1 aliphatic carbocycles. The number of halogens is 1. The van der Waals surface area contributed by atoms with E-state index >= 15 is 0 Å². The highest BCUT2D eigenvalue weighted by Crippen LogP contribution is 2.27. The van der Waals surface area contributed by atoms with Crippen molar-refractivity contribution < 1.29 is 14.3 Å². The SMILES string of the molecule is CC(=O)SCC1CCC(NCC(=O)Oc2ccc(Cl)cc2)CC1. The lowest BCUT2D eigenvalue weighted by Gasteiger charge is -2.28. The number of carbonyl (C=O) groups excluding carboxylic acids is 2. The van der Waals surface area contributed by atoms with Gasteiger partial charge in [0, 0.05) is 23.7 Å². The topological polar surface area (TPSA) is 55.4 Å². The lowest BCUT2D eigenvalue weighted by atomic mass is 9.87. The zero-order chi connectivity index (χ0) is 16.7. The van der Waals surface area contributed by atoms with Crippen LogP contribution in [-0.4, -0.2) is 29.4 Å². The second kappa shape index (κ2) is 9.30. The van der Waals surface area contributed by atoms with Crippen LogP contribution in [0.3, 0.4) is 0 Å². The van der Waals surface area contributed by atoms with Crippen LogP contribution in [0.25, 0.3) is 0 Å².